The van der Waals surface area contributed by atoms with Gasteiger partial charge in [-0.15, -0.1) is 35.3 Å². The molecule has 0 amide bonds. The summed E-state index contributed by atoms with van der Waals surface area (Å²) in [6.07, 6.45) is 0.900. The van der Waals surface area contributed by atoms with Gasteiger partial charge in [0.05, 0.1) is 25.5 Å². The third kappa shape index (κ3) is 5.97. The van der Waals surface area contributed by atoms with Crippen molar-refractivity contribution in [1.82, 2.24) is 15.6 Å². The first-order valence-electron chi connectivity index (χ1n) is 8.93. The van der Waals surface area contributed by atoms with Gasteiger partial charge in [0.25, 0.3) is 0 Å². The minimum Gasteiger partial charge on any atom is -0.490 e. The largest absolute Gasteiger partial charge is 0.490 e. The molecule has 0 atom stereocenters. The van der Waals surface area contributed by atoms with Crippen LogP contribution in [0.25, 0.3) is 0 Å². The molecule has 8 heteroatoms. The van der Waals surface area contributed by atoms with Gasteiger partial charge < -0.3 is 20.1 Å². The SMILES string of the molecule is CN=C(NCc1nc(C(C)C)cs1)NCc1cccc2c1OCCCO2.I. The van der Waals surface area contributed by atoms with Crippen molar-refractivity contribution >= 4 is 41.3 Å². The van der Waals surface area contributed by atoms with Crippen molar-refractivity contribution in [2.45, 2.75) is 39.3 Å². The maximum Gasteiger partial charge on any atom is 0.191 e. The summed E-state index contributed by atoms with van der Waals surface area (Å²) < 4.78 is 11.6. The number of hydrogen-bond donors (Lipinski definition) is 2. The molecule has 2 aromatic rings. The van der Waals surface area contributed by atoms with Crippen LogP contribution in [0.1, 0.15) is 42.5 Å². The Kier molecular flexibility index (Phi) is 8.62. The van der Waals surface area contributed by atoms with Crippen LogP contribution in [-0.2, 0) is 13.1 Å². The first-order valence-corrected chi connectivity index (χ1v) is 9.81. The molecule has 148 valence electrons. The van der Waals surface area contributed by atoms with Crippen LogP contribution < -0.4 is 20.1 Å². The van der Waals surface area contributed by atoms with Gasteiger partial charge in [0.15, 0.2) is 17.5 Å². The number of fused-ring (bicyclic) bond motifs is 1. The highest BCUT2D eigenvalue weighted by Crippen LogP contribution is 2.33. The molecular formula is C19H27IN4O2S. The lowest BCUT2D eigenvalue weighted by atomic mass is 10.2. The summed E-state index contributed by atoms with van der Waals surface area (Å²) >= 11 is 1.67. The van der Waals surface area contributed by atoms with Crippen molar-refractivity contribution in [2.75, 3.05) is 20.3 Å². The van der Waals surface area contributed by atoms with Crippen LogP contribution >= 0.6 is 35.3 Å². The lowest BCUT2D eigenvalue weighted by Crippen LogP contribution is -2.36. The Bertz CT molecular complexity index is 764. The predicted molar refractivity (Wildman–Crippen MR) is 121 cm³/mol. The average Bonchev–Trinajstić information content (AvgIpc) is 2.99. The molecule has 2 heterocycles. The second kappa shape index (κ2) is 10.7. The van der Waals surface area contributed by atoms with E-state index in [0.29, 0.717) is 32.2 Å². The lowest BCUT2D eigenvalue weighted by molar-refractivity contribution is 0.296. The van der Waals surface area contributed by atoms with E-state index in [0.717, 1.165) is 40.1 Å². The van der Waals surface area contributed by atoms with E-state index in [1.54, 1.807) is 18.4 Å². The van der Waals surface area contributed by atoms with Gasteiger partial charge in [0, 0.05) is 31.0 Å². The van der Waals surface area contributed by atoms with Crippen molar-refractivity contribution in [3.8, 4) is 11.5 Å². The summed E-state index contributed by atoms with van der Waals surface area (Å²) in [5.41, 5.74) is 2.20. The standard InChI is InChI=1S/C19H26N4O2S.HI/c1-13(2)15-12-26-17(23-15)11-22-19(20-3)21-10-14-6-4-7-16-18(14)25-9-5-8-24-16;/h4,6-7,12-13H,5,8-11H2,1-3H3,(H2,20,21,22);1H. The molecule has 1 aromatic carbocycles. The van der Waals surface area contributed by atoms with Crippen molar-refractivity contribution in [2.24, 2.45) is 4.99 Å². The third-order valence-electron chi connectivity index (χ3n) is 4.09. The van der Waals surface area contributed by atoms with Crippen LogP contribution in [0.2, 0.25) is 0 Å². The van der Waals surface area contributed by atoms with E-state index >= 15 is 0 Å². The second-order valence-electron chi connectivity index (χ2n) is 6.40. The molecule has 0 saturated carbocycles. The van der Waals surface area contributed by atoms with Gasteiger partial charge in [0.1, 0.15) is 5.01 Å². The molecule has 0 spiro atoms. The number of guanidine groups is 1. The molecule has 0 unspecified atom stereocenters. The van der Waals surface area contributed by atoms with E-state index in [4.69, 9.17) is 9.47 Å². The quantitative estimate of drug-likeness (QED) is 0.369. The van der Waals surface area contributed by atoms with Gasteiger partial charge >= 0.3 is 0 Å². The number of para-hydroxylation sites is 1. The Labute approximate surface area is 181 Å². The lowest BCUT2D eigenvalue weighted by Gasteiger charge is -2.15. The molecule has 1 aliphatic rings. The number of ether oxygens (including phenoxy) is 2. The predicted octanol–water partition coefficient (Wildman–Crippen LogP) is 3.91. The fourth-order valence-electron chi connectivity index (χ4n) is 2.62. The smallest absolute Gasteiger partial charge is 0.191 e. The summed E-state index contributed by atoms with van der Waals surface area (Å²) in [6, 6.07) is 5.99. The molecule has 1 aromatic heterocycles. The Morgan fingerprint density at radius 1 is 1.22 bits per heavy atom. The number of nitrogens with one attached hydrogen (secondary N) is 2. The van der Waals surface area contributed by atoms with Crippen LogP contribution in [0.3, 0.4) is 0 Å². The number of benzene rings is 1. The number of aromatic nitrogens is 1. The Hall–Kier alpha value is -1.55. The Morgan fingerprint density at radius 3 is 2.74 bits per heavy atom. The first-order chi connectivity index (χ1) is 12.7. The van der Waals surface area contributed by atoms with E-state index < -0.39 is 0 Å². The fourth-order valence-corrected chi connectivity index (χ4v) is 3.52. The summed E-state index contributed by atoms with van der Waals surface area (Å²) in [6.45, 7) is 6.95. The van der Waals surface area contributed by atoms with Gasteiger partial charge in [-0.05, 0) is 12.0 Å². The summed E-state index contributed by atoms with van der Waals surface area (Å²) in [5, 5.41) is 9.83. The summed E-state index contributed by atoms with van der Waals surface area (Å²) in [7, 11) is 1.77. The zero-order chi connectivity index (χ0) is 18.4. The van der Waals surface area contributed by atoms with Gasteiger partial charge in [-0.2, -0.15) is 0 Å². The van der Waals surface area contributed by atoms with E-state index in [1.165, 1.54) is 0 Å². The van der Waals surface area contributed by atoms with Crippen LogP contribution in [0, 0.1) is 0 Å². The summed E-state index contributed by atoms with van der Waals surface area (Å²) in [5.74, 6) is 2.83. The van der Waals surface area contributed by atoms with Gasteiger partial charge in [-0.25, -0.2) is 4.98 Å². The van der Waals surface area contributed by atoms with Gasteiger partial charge in [-0.3, -0.25) is 4.99 Å². The Morgan fingerprint density at radius 2 is 2.00 bits per heavy atom. The molecule has 27 heavy (non-hydrogen) atoms. The molecule has 1 aliphatic heterocycles. The number of rotatable bonds is 5. The summed E-state index contributed by atoms with van der Waals surface area (Å²) in [4.78, 5) is 8.93. The van der Waals surface area contributed by atoms with E-state index in [2.05, 4.69) is 39.8 Å². The Balaban J connectivity index is 0.00000261. The van der Waals surface area contributed by atoms with Gasteiger partial charge in [0.2, 0.25) is 0 Å². The molecule has 0 radical (unpaired) electrons. The fraction of sp³-hybridized carbons (Fsp3) is 0.474. The van der Waals surface area contributed by atoms with Crippen LogP contribution in [-0.4, -0.2) is 31.2 Å². The molecule has 0 bridgehead atoms. The van der Waals surface area contributed by atoms with Crippen LogP contribution in [0.4, 0.5) is 0 Å². The zero-order valence-corrected chi connectivity index (χ0v) is 19.1. The van der Waals surface area contributed by atoms with Gasteiger partial charge in [-0.1, -0.05) is 26.0 Å². The highest BCUT2D eigenvalue weighted by Gasteiger charge is 2.14. The van der Waals surface area contributed by atoms with Crippen LogP contribution in [0.15, 0.2) is 28.6 Å². The molecule has 3 rings (SSSR count). The number of halogens is 1. The van der Waals surface area contributed by atoms with Crippen molar-refractivity contribution in [3.63, 3.8) is 0 Å². The normalized spacial score (nSPS) is 13.7. The van der Waals surface area contributed by atoms with Crippen molar-refractivity contribution < 1.29 is 9.47 Å². The topological polar surface area (TPSA) is 67.8 Å². The molecule has 2 N–H and O–H groups in total. The number of hydrogen-bond acceptors (Lipinski definition) is 5. The first kappa shape index (κ1) is 21.7. The molecule has 6 nitrogen and oxygen atoms in total. The maximum absolute atomic E-state index is 5.87. The minimum atomic E-state index is 0. The van der Waals surface area contributed by atoms with E-state index in [-0.39, 0.29) is 24.0 Å². The monoisotopic (exact) mass is 502 g/mol. The minimum absolute atomic E-state index is 0. The van der Waals surface area contributed by atoms with Crippen molar-refractivity contribution in [1.29, 1.82) is 0 Å². The molecule has 0 saturated heterocycles. The molecular weight excluding hydrogens is 475 g/mol. The highest BCUT2D eigenvalue weighted by molar-refractivity contribution is 14.0. The highest BCUT2D eigenvalue weighted by atomic mass is 127. The number of nitrogens with zero attached hydrogens (tertiary/aromatic N) is 2. The molecule has 0 aliphatic carbocycles. The van der Waals surface area contributed by atoms with E-state index in [1.807, 2.05) is 18.2 Å². The second-order valence-corrected chi connectivity index (χ2v) is 7.34. The van der Waals surface area contributed by atoms with Crippen LogP contribution in [0.5, 0.6) is 11.5 Å². The number of aliphatic imine (C=N–C) groups is 1. The van der Waals surface area contributed by atoms with Crippen molar-refractivity contribution in [3.05, 3.63) is 39.8 Å². The zero-order valence-electron chi connectivity index (χ0n) is 15.9. The number of thiazole rings is 1. The maximum atomic E-state index is 5.87. The third-order valence-corrected chi connectivity index (χ3v) is 4.96. The molecule has 0 fully saturated rings. The van der Waals surface area contributed by atoms with E-state index in [9.17, 15) is 0 Å². The average molecular weight is 502 g/mol.